The van der Waals surface area contributed by atoms with E-state index in [1.54, 1.807) is 0 Å². The maximum Gasteiger partial charge on any atom is 0.138 e. The Labute approximate surface area is 124 Å². The van der Waals surface area contributed by atoms with Crippen LogP contribution in [0.5, 0.6) is 11.5 Å². The van der Waals surface area contributed by atoms with Gasteiger partial charge in [-0.1, -0.05) is 32.9 Å². The van der Waals surface area contributed by atoms with Crippen LogP contribution in [-0.2, 0) is 5.41 Å². The third-order valence-electron chi connectivity index (χ3n) is 3.18. The SMILES string of the molecule is CC(C)(C)c1ccc(Oc2ccc(F)cc2C(=N)N)cc1. The molecule has 2 aromatic carbocycles. The van der Waals surface area contributed by atoms with Crippen molar-refractivity contribution in [2.75, 3.05) is 0 Å². The predicted molar refractivity (Wildman–Crippen MR) is 82.6 cm³/mol. The lowest BCUT2D eigenvalue weighted by molar-refractivity contribution is 0.478. The lowest BCUT2D eigenvalue weighted by atomic mass is 9.87. The number of nitrogen functional groups attached to an aromatic ring is 1. The molecule has 0 radical (unpaired) electrons. The number of rotatable bonds is 3. The Balaban J connectivity index is 2.28. The first-order chi connectivity index (χ1) is 9.77. The molecule has 3 N–H and O–H groups in total. The van der Waals surface area contributed by atoms with Crippen LogP contribution in [0.2, 0.25) is 0 Å². The standard InChI is InChI=1S/C17H19FN2O/c1-17(2,3)11-4-7-13(8-5-11)21-15-9-6-12(18)10-14(15)16(19)20/h4-10H,1-3H3,(H3,19,20). The van der Waals surface area contributed by atoms with Gasteiger partial charge in [0.05, 0.1) is 5.56 Å². The van der Waals surface area contributed by atoms with Gasteiger partial charge in [-0.3, -0.25) is 5.41 Å². The molecule has 0 spiro atoms. The molecule has 2 rings (SSSR count). The van der Waals surface area contributed by atoms with Crippen LogP contribution in [0.3, 0.4) is 0 Å². The van der Waals surface area contributed by atoms with Crippen molar-refractivity contribution in [3.63, 3.8) is 0 Å². The first-order valence-corrected chi connectivity index (χ1v) is 6.70. The fourth-order valence-electron chi connectivity index (χ4n) is 1.95. The average Bonchev–Trinajstić information content (AvgIpc) is 2.40. The van der Waals surface area contributed by atoms with Gasteiger partial charge in [0.15, 0.2) is 0 Å². The van der Waals surface area contributed by atoms with Crippen molar-refractivity contribution in [1.29, 1.82) is 5.41 Å². The average molecular weight is 286 g/mol. The zero-order chi connectivity index (χ0) is 15.6. The highest BCUT2D eigenvalue weighted by molar-refractivity contribution is 5.97. The fraction of sp³-hybridized carbons (Fsp3) is 0.235. The number of amidine groups is 1. The molecule has 0 aliphatic heterocycles. The van der Waals surface area contributed by atoms with Gasteiger partial charge in [-0.25, -0.2) is 4.39 Å². The van der Waals surface area contributed by atoms with E-state index in [0.717, 1.165) is 0 Å². The molecule has 0 aromatic heterocycles. The summed E-state index contributed by atoms with van der Waals surface area (Å²) in [7, 11) is 0. The smallest absolute Gasteiger partial charge is 0.138 e. The molecule has 0 amide bonds. The second-order valence-electron chi connectivity index (χ2n) is 5.93. The van der Waals surface area contributed by atoms with E-state index in [1.165, 1.54) is 23.8 Å². The summed E-state index contributed by atoms with van der Waals surface area (Å²) in [5, 5.41) is 7.49. The zero-order valence-electron chi connectivity index (χ0n) is 12.4. The first kappa shape index (κ1) is 15.0. The third kappa shape index (κ3) is 3.60. The summed E-state index contributed by atoms with van der Waals surface area (Å²) >= 11 is 0. The van der Waals surface area contributed by atoms with E-state index in [4.69, 9.17) is 15.9 Å². The number of ether oxygens (including phenoxy) is 1. The maximum absolute atomic E-state index is 13.2. The quantitative estimate of drug-likeness (QED) is 0.656. The summed E-state index contributed by atoms with van der Waals surface area (Å²) in [6.45, 7) is 6.41. The fourth-order valence-corrected chi connectivity index (χ4v) is 1.95. The highest BCUT2D eigenvalue weighted by Crippen LogP contribution is 2.29. The summed E-state index contributed by atoms with van der Waals surface area (Å²) in [4.78, 5) is 0. The van der Waals surface area contributed by atoms with Crippen LogP contribution in [0.4, 0.5) is 4.39 Å². The number of benzene rings is 2. The summed E-state index contributed by atoms with van der Waals surface area (Å²) in [5.74, 6) is 0.316. The molecule has 0 bridgehead atoms. The summed E-state index contributed by atoms with van der Waals surface area (Å²) in [6, 6.07) is 11.6. The second kappa shape index (κ2) is 5.56. The Morgan fingerprint density at radius 3 is 2.24 bits per heavy atom. The molecule has 0 fully saturated rings. The van der Waals surface area contributed by atoms with E-state index in [2.05, 4.69) is 20.8 Å². The molecule has 0 unspecified atom stereocenters. The van der Waals surface area contributed by atoms with Crippen LogP contribution in [0.1, 0.15) is 31.9 Å². The molecular weight excluding hydrogens is 267 g/mol. The molecule has 21 heavy (non-hydrogen) atoms. The monoisotopic (exact) mass is 286 g/mol. The molecule has 4 heteroatoms. The molecule has 0 aliphatic carbocycles. The zero-order valence-corrected chi connectivity index (χ0v) is 12.4. The van der Waals surface area contributed by atoms with Gasteiger partial charge in [0.25, 0.3) is 0 Å². The molecule has 0 atom stereocenters. The van der Waals surface area contributed by atoms with E-state index in [1.807, 2.05) is 24.3 Å². The summed E-state index contributed by atoms with van der Waals surface area (Å²) in [6.07, 6.45) is 0. The van der Waals surface area contributed by atoms with Crippen LogP contribution in [-0.4, -0.2) is 5.84 Å². The number of nitrogens with two attached hydrogens (primary N) is 1. The predicted octanol–water partition coefficient (Wildman–Crippen LogP) is 4.20. The number of halogens is 1. The van der Waals surface area contributed by atoms with Gasteiger partial charge < -0.3 is 10.5 Å². The van der Waals surface area contributed by atoms with Crippen molar-refractivity contribution in [3.8, 4) is 11.5 Å². The lowest BCUT2D eigenvalue weighted by Gasteiger charge is -2.19. The normalized spacial score (nSPS) is 11.2. The third-order valence-corrected chi connectivity index (χ3v) is 3.18. The number of hydrogen-bond acceptors (Lipinski definition) is 2. The van der Waals surface area contributed by atoms with Crippen LogP contribution < -0.4 is 10.5 Å². The van der Waals surface area contributed by atoms with E-state index >= 15 is 0 Å². The van der Waals surface area contributed by atoms with Crippen molar-refractivity contribution in [2.24, 2.45) is 5.73 Å². The van der Waals surface area contributed by atoms with E-state index in [9.17, 15) is 4.39 Å². The van der Waals surface area contributed by atoms with Crippen LogP contribution in [0.15, 0.2) is 42.5 Å². The molecule has 0 saturated heterocycles. The Morgan fingerprint density at radius 2 is 1.71 bits per heavy atom. The Hall–Kier alpha value is -2.36. The van der Waals surface area contributed by atoms with Crippen molar-refractivity contribution < 1.29 is 9.13 Å². The van der Waals surface area contributed by atoms with Crippen LogP contribution in [0, 0.1) is 11.2 Å². The first-order valence-electron chi connectivity index (χ1n) is 6.70. The molecule has 0 heterocycles. The largest absolute Gasteiger partial charge is 0.457 e. The van der Waals surface area contributed by atoms with Crippen LogP contribution in [0.25, 0.3) is 0 Å². The Morgan fingerprint density at radius 1 is 1.10 bits per heavy atom. The van der Waals surface area contributed by atoms with Crippen molar-refractivity contribution >= 4 is 5.84 Å². The number of nitrogens with one attached hydrogen (secondary N) is 1. The lowest BCUT2D eigenvalue weighted by Crippen LogP contribution is -2.13. The summed E-state index contributed by atoms with van der Waals surface area (Å²) in [5.41, 5.74) is 6.96. The van der Waals surface area contributed by atoms with Gasteiger partial charge in [-0.2, -0.15) is 0 Å². The topological polar surface area (TPSA) is 59.1 Å². The highest BCUT2D eigenvalue weighted by Gasteiger charge is 2.14. The highest BCUT2D eigenvalue weighted by atomic mass is 19.1. The maximum atomic E-state index is 13.2. The van der Waals surface area contributed by atoms with Gasteiger partial charge in [0.1, 0.15) is 23.2 Å². The second-order valence-corrected chi connectivity index (χ2v) is 5.93. The van der Waals surface area contributed by atoms with Crippen LogP contribution >= 0.6 is 0 Å². The number of hydrogen-bond donors (Lipinski definition) is 2. The molecule has 2 aromatic rings. The van der Waals surface area contributed by atoms with E-state index < -0.39 is 5.82 Å². The summed E-state index contributed by atoms with van der Waals surface area (Å²) < 4.78 is 18.9. The minimum atomic E-state index is -0.448. The van der Waals surface area contributed by atoms with Gasteiger partial charge in [0, 0.05) is 0 Å². The van der Waals surface area contributed by atoms with E-state index in [0.29, 0.717) is 11.5 Å². The van der Waals surface area contributed by atoms with Crippen molar-refractivity contribution in [1.82, 2.24) is 0 Å². The van der Waals surface area contributed by atoms with Gasteiger partial charge in [0.2, 0.25) is 0 Å². The minimum Gasteiger partial charge on any atom is -0.457 e. The molecule has 0 saturated carbocycles. The van der Waals surface area contributed by atoms with E-state index in [-0.39, 0.29) is 16.8 Å². The molecule has 3 nitrogen and oxygen atoms in total. The molecule has 110 valence electrons. The molecular formula is C17H19FN2O. The van der Waals surface area contributed by atoms with Gasteiger partial charge in [-0.15, -0.1) is 0 Å². The Kier molecular flexibility index (Phi) is 3.98. The van der Waals surface area contributed by atoms with Gasteiger partial charge >= 0.3 is 0 Å². The minimum absolute atomic E-state index is 0.0684. The van der Waals surface area contributed by atoms with Gasteiger partial charge in [-0.05, 0) is 41.3 Å². The van der Waals surface area contributed by atoms with Crippen molar-refractivity contribution in [2.45, 2.75) is 26.2 Å². The molecule has 0 aliphatic rings. The van der Waals surface area contributed by atoms with Crippen molar-refractivity contribution in [3.05, 3.63) is 59.4 Å². The Bertz CT molecular complexity index is 657.